The Morgan fingerprint density at radius 1 is 0.964 bits per heavy atom. The van der Waals surface area contributed by atoms with Gasteiger partial charge in [-0.15, -0.1) is 0 Å². The van der Waals surface area contributed by atoms with Crippen LogP contribution in [0.1, 0.15) is 31.4 Å². The number of nitrogens with zero attached hydrogens (tertiary/aromatic N) is 1. The first kappa shape index (κ1) is 21.3. The first-order valence-electron chi connectivity index (χ1n) is 9.26. The number of amides is 1. The number of rotatable bonds is 8. The average Bonchev–Trinajstić information content (AvgIpc) is 2.73. The van der Waals surface area contributed by atoms with Gasteiger partial charge in [0.15, 0.2) is 6.10 Å². The van der Waals surface area contributed by atoms with Crippen LogP contribution in [0.25, 0.3) is 0 Å². The molecule has 0 aromatic heterocycles. The molecule has 28 heavy (non-hydrogen) atoms. The molecule has 0 radical (unpaired) electrons. The van der Waals surface area contributed by atoms with Gasteiger partial charge in [-0.2, -0.15) is 4.99 Å². The fourth-order valence-corrected chi connectivity index (χ4v) is 2.78. The van der Waals surface area contributed by atoms with Gasteiger partial charge < -0.3 is 14.6 Å². The largest absolute Gasteiger partial charge is 0.464 e. The molecule has 0 heterocycles. The Hall–Kier alpha value is -2.99. The molecular formula is C22H25NO5. The van der Waals surface area contributed by atoms with Crippen molar-refractivity contribution in [2.24, 2.45) is 10.9 Å². The summed E-state index contributed by atoms with van der Waals surface area (Å²) in [5, 5.41) is 10.5. The summed E-state index contributed by atoms with van der Waals surface area (Å²) in [4.78, 5) is 28.4. The third-order valence-electron chi connectivity index (χ3n) is 4.19. The van der Waals surface area contributed by atoms with Gasteiger partial charge in [0.05, 0.1) is 12.3 Å². The van der Waals surface area contributed by atoms with Gasteiger partial charge in [0.2, 0.25) is 0 Å². The van der Waals surface area contributed by atoms with Gasteiger partial charge >= 0.3 is 12.1 Å². The monoisotopic (exact) mass is 383 g/mol. The molecule has 2 aromatic rings. The lowest BCUT2D eigenvalue weighted by Crippen LogP contribution is -2.36. The summed E-state index contributed by atoms with van der Waals surface area (Å²) < 4.78 is 10.2. The van der Waals surface area contributed by atoms with Crippen molar-refractivity contribution in [3.05, 3.63) is 71.8 Å². The molecule has 0 fully saturated rings. The molecule has 0 saturated heterocycles. The second-order valence-corrected chi connectivity index (χ2v) is 6.11. The van der Waals surface area contributed by atoms with Crippen molar-refractivity contribution in [2.45, 2.75) is 33.0 Å². The minimum atomic E-state index is -1.43. The van der Waals surface area contributed by atoms with Crippen LogP contribution in [0.2, 0.25) is 0 Å². The lowest BCUT2D eigenvalue weighted by molar-refractivity contribution is -0.154. The van der Waals surface area contributed by atoms with E-state index in [9.17, 15) is 14.7 Å². The number of hydrogen-bond donors (Lipinski definition) is 1. The van der Waals surface area contributed by atoms with Crippen LogP contribution < -0.4 is 0 Å². The number of carbonyl (C=O) groups is 2. The summed E-state index contributed by atoms with van der Waals surface area (Å²) in [6, 6.07) is 18.2. The fourth-order valence-electron chi connectivity index (χ4n) is 2.78. The lowest BCUT2D eigenvalue weighted by atomic mass is 9.89. The zero-order valence-corrected chi connectivity index (χ0v) is 16.1. The highest BCUT2D eigenvalue weighted by molar-refractivity contribution is 6.08. The number of aliphatic imine (C=N–C) groups is 1. The molecule has 6 nitrogen and oxygen atoms in total. The van der Waals surface area contributed by atoms with Crippen LogP contribution in [0, 0.1) is 5.92 Å². The highest BCUT2D eigenvalue weighted by Crippen LogP contribution is 2.19. The predicted molar refractivity (Wildman–Crippen MR) is 106 cm³/mol. The van der Waals surface area contributed by atoms with E-state index in [1.54, 1.807) is 38.1 Å². The van der Waals surface area contributed by atoms with Crippen molar-refractivity contribution in [3.8, 4) is 0 Å². The second-order valence-electron chi connectivity index (χ2n) is 6.11. The summed E-state index contributed by atoms with van der Waals surface area (Å²) in [6.45, 7) is 3.71. The Balaban J connectivity index is 2.26. The fraction of sp³-hybridized carbons (Fsp3) is 0.318. The lowest BCUT2D eigenvalue weighted by Gasteiger charge is -2.22. The van der Waals surface area contributed by atoms with Crippen LogP contribution >= 0.6 is 0 Å². The standard InChI is InChI=1S/C22H25NO5/c1-3-18(20(24)21(25)27-4-2)19(17-13-9-6-10-14-17)23-22(26)28-15-16-11-7-5-8-12-16/h5-14,18,20,24H,3-4,15H2,1-2H3/b23-19+/t18?,20-/m0/s1. The number of hydrogen-bond acceptors (Lipinski definition) is 5. The number of aliphatic hydroxyl groups is 1. The van der Waals surface area contributed by atoms with Crippen LogP contribution in [0.15, 0.2) is 65.7 Å². The molecule has 2 atom stereocenters. The van der Waals surface area contributed by atoms with Gasteiger partial charge in [-0.25, -0.2) is 9.59 Å². The second kappa shape index (κ2) is 11.0. The molecule has 2 rings (SSSR count). The summed E-state index contributed by atoms with van der Waals surface area (Å²) in [5.41, 5.74) is 1.77. The summed E-state index contributed by atoms with van der Waals surface area (Å²) in [7, 11) is 0. The zero-order valence-electron chi connectivity index (χ0n) is 16.1. The van der Waals surface area contributed by atoms with Crippen LogP contribution in [0.3, 0.4) is 0 Å². The topological polar surface area (TPSA) is 85.2 Å². The van der Waals surface area contributed by atoms with Gasteiger partial charge in [-0.05, 0) is 24.5 Å². The van der Waals surface area contributed by atoms with E-state index in [1.165, 1.54) is 0 Å². The Morgan fingerprint density at radius 2 is 1.57 bits per heavy atom. The van der Waals surface area contributed by atoms with E-state index in [1.807, 2.05) is 36.4 Å². The third kappa shape index (κ3) is 6.03. The molecule has 1 N–H and O–H groups in total. The first-order valence-corrected chi connectivity index (χ1v) is 9.26. The number of esters is 1. The van der Waals surface area contributed by atoms with Crippen molar-refractivity contribution in [1.82, 2.24) is 0 Å². The molecule has 0 saturated carbocycles. The van der Waals surface area contributed by atoms with E-state index in [0.717, 1.165) is 5.56 Å². The molecule has 0 aliphatic rings. The van der Waals surface area contributed by atoms with Gasteiger partial charge in [0.1, 0.15) is 6.61 Å². The summed E-state index contributed by atoms with van der Waals surface area (Å²) in [6.07, 6.45) is -1.82. The van der Waals surface area contributed by atoms with Crippen LogP contribution in [0.5, 0.6) is 0 Å². The number of ether oxygens (including phenoxy) is 2. The van der Waals surface area contributed by atoms with Gasteiger partial charge in [-0.1, -0.05) is 67.6 Å². The van der Waals surface area contributed by atoms with E-state index < -0.39 is 24.1 Å². The minimum Gasteiger partial charge on any atom is -0.464 e. The highest BCUT2D eigenvalue weighted by atomic mass is 16.5. The first-order chi connectivity index (χ1) is 13.6. The van der Waals surface area contributed by atoms with E-state index in [-0.39, 0.29) is 13.2 Å². The van der Waals surface area contributed by atoms with Crippen LogP contribution in [-0.2, 0) is 20.9 Å². The third-order valence-corrected chi connectivity index (χ3v) is 4.19. The number of aliphatic hydroxyl groups excluding tert-OH is 1. The molecule has 1 unspecified atom stereocenters. The Kier molecular flexibility index (Phi) is 8.37. The van der Waals surface area contributed by atoms with Gasteiger partial charge in [-0.3, -0.25) is 0 Å². The molecule has 0 spiro atoms. The SMILES string of the molecule is CCOC(=O)[C@@H](O)C(CC)/C(=N/C(=O)OCc1ccccc1)c1ccccc1. The Morgan fingerprint density at radius 3 is 2.14 bits per heavy atom. The van der Waals surface area contributed by atoms with Crippen LogP contribution in [-0.4, -0.2) is 35.6 Å². The molecule has 1 amide bonds. The Bertz CT molecular complexity index is 789. The summed E-state index contributed by atoms with van der Waals surface area (Å²) >= 11 is 0. The molecule has 148 valence electrons. The maximum absolute atomic E-state index is 12.3. The van der Waals surface area contributed by atoms with Crippen molar-refractivity contribution in [3.63, 3.8) is 0 Å². The molecule has 0 aliphatic carbocycles. The Labute approximate surface area is 164 Å². The van der Waals surface area contributed by atoms with E-state index in [0.29, 0.717) is 17.7 Å². The zero-order chi connectivity index (χ0) is 20.4. The normalized spacial score (nSPS) is 13.5. The van der Waals surface area contributed by atoms with E-state index >= 15 is 0 Å². The highest BCUT2D eigenvalue weighted by Gasteiger charge is 2.31. The van der Waals surface area contributed by atoms with Gasteiger partial charge in [0.25, 0.3) is 0 Å². The van der Waals surface area contributed by atoms with E-state index in [2.05, 4.69) is 4.99 Å². The van der Waals surface area contributed by atoms with Crippen LogP contribution in [0.4, 0.5) is 4.79 Å². The molecule has 0 bridgehead atoms. The van der Waals surface area contributed by atoms with Gasteiger partial charge in [0, 0.05) is 5.92 Å². The number of benzene rings is 2. The quantitative estimate of drug-likeness (QED) is 0.554. The maximum atomic E-state index is 12.3. The molecule has 6 heteroatoms. The van der Waals surface area contributed by atoms with Crippen molar-refractivity contribution in [1.29, 1.82) is 0 Å². The average molecular weight is 383 g/mol. The van der Waals surface area contributed by atoms with Crippen molar-refractivity contribution >= 4 is 17.8 Å². The molecule has 2 aromatic carbocycles. The summed E-state index contributed by atoms with van der Waals surface area (Å²) in [5.74, 6) is -1.44. The van der Waals surface area contributed by atoms with Crippen molar-refractivity contribution < 1.29 is 24.2 Å². The number of carbonyl (C=O) groups excluding carboxylic acids is 2. The van der Waals surface area contributed by atoms with Crippen molar-refractivity contribution in [2.75, 3.05) is 6.61 Å². The smallest absolute Gasteiger partial charge is 0.434 e. The molecular weight excluding hydrogens is 358 g/mol. The predicted octanol–water partition coefficient (Wildman–Crippen LogP) is 3.76. The maximum Gasteiger partial charge on any atom is 0.434 e. The van der Waals surface area contributed by atoms with E-state index in [4.69, 9.17) is 9.47 Å². The minimum absolute atomic E-state index is 0.0858. The molecule has 0 aliphatic heterocycles.